The van der Waals surface area contributed by atoms with Gasteiger partial charge in [0.25, 0.3) is 0 Å². The maximum Gasteiger partial charge on any atom is 0.191 e. The summed E-state index contributed by atoms with van der Waals surface area (Å²) >= 11 is 1.44. The van der Waals surface area contributed by atoms with Gasteiger partial charge in [-0.15, -0.1) is 0 Å². The van der Waals surface area contributed by atoms with Crippen molar-refractivity contribution in [3.8, 4) is 0 Å². The molecule has 0 aromatic carbocycles. The fourth-order valence-corrected chi connectivity index (χ4v) is 1.69. The quantitative estimate of drug-likeness (QED) is 0.606. The van der Waals surface area contributed by atoms with E-state index < -0.39 is 10.8 Å². The van der Waals surface area contributed by atoms with Crippen LogP contribution in [-0.2, 0) is 10.8 Å². The Balaban J connectivity index is 2.66. The van der Waals surface area contributed by atoms with Gasteiger partial charge in [-0.25, -0.2) is 9.97 Å². The van der Waals surface area contributed by atoms with E-state index >= 15 is 0 Å². The summed E-state index contributed by atoms with van der Waals surface area (Å²) in [6.07, 6.45) is 3.58. The average Bonchev–Trinajstić information content (AvgIpc) is 2.24. The Morgan fingerprint density at radius 3 is 2.88 bits per heavy atom. The highest BCUT2D eigenvalue weighted by Gasteiger charge is 2.07. The summed E-state index contributed by atoms with van der Waals surface area (Å²) in [4.78, 5) is 8.29. The summed E-state index contributed by atoms with van der Waals surface area (Å²) in [6, 6.07) is 1.67. The van der Waals surface area contributed by atoms with Crippen molar-refractivity contribution in [2.75, 3.05) is 30.1 Å². The van der Waals surface area contributed by atoms with Crippen LogP contribution in [0.4, 0.5) is 11.6 Å². The fourth-order valence-electron chi connectivity index (χ4n) is 0.991. The summed E-state index contributed by atoms with van der Waals surface area (Å²) in [7, 11) is -0.839. The molecule has 16 heavy (non-hydrogen) atoms. The molecule has 0 aliphatic heterocycles. The van der Waals surface area contributed by atoms with Crippen LogP contribution in [0.3, 0.4) is 0 Å². The molecule has 2 atom stereocenters. The van der Waals surface area contributed by atoms with Gasteiger partial charge in [0.2, 0.25) is 0 Å². The number of anilines is 2. The first kappa shape index (κ1) is 13.2. The molecule has 0 bridgehead atoms. The van der Waals surface area contributed by atoms with Crippen LogP contribution in [-0.4, -0.2) is 38.5 Å². The molecule has 0 fully saturated rings. The van der Waals surface area contributed by atoms with E-state index in [4.69, 9.17) is 5.73 Å². The largest absolute Gasteiger partial charge is 0.383 e. The lowest BCUT2D eigenvalue weighted by molar-refractivity contribution is 0.678. The highest BCUT2D eigenvalue weighted by molar-refractivity contribution is 7.98. The topological polar surface area (TPSA) is 80.9 Å². The van der Waals surface area contributed by atoms with Gasteiger partial charge < -0.3 is 11.1 Å². The molecule has 0 spiro atoms. The van der Waals surface area contributed by atoms with E-state index in [0.717, 1.165) is 0 Å². The maximum atomic E-state index is 11.2. The van der Waals surface area contributed by atoms with Gasteiger partial charge in [0.1, 0.15) is 11.6 Å². The van der Waals surface area contributed by atoms with Crippen molar-refractivity contribution in [1.29, 1.82) is 0 Å². The van der Waals surface area contributed by atoms with Gasteiger partial charge >= 0.3 is 0 Å². The van der Waals surface area contributed by atoms with Crippen LogP contribution < -0.4 is 11.1 Å². The van der Waals surface area contributed by atoms with Crippen LogP contribution in [0.5, 0.6) is 0 Å². The number of hydrogen-bond donors (Lipinski definition) is 2. The molecule has 0 saturated heterocycles. The Morgan fingerprint density at radius 2 is 2.31 bits per heavy atom. The number of nitrogens with one attached hydrogen (secondary N) is 1. The lowest BCUT2D eigenvalue weighted by Gasteiger charge is -2.11. The van der Waals surface area contributed by atoms with Crippen molar-refractivity contribution < 1.29 is 4.21 Å². The number of nitrogens with zero attached hydrogens (tertiary/aromatic N) is 2. The second-order valence-electron chi connectivity index (χ2n) is 3.35. The third-order valence-electron chi connectivity index (χ3n) is 2.05. The monoisotopic (exact) mass is 260 g/mol. The van der Waals surface area contributed by atoms with E-state index in [0.29, 0.717) is 23.3 Å². The minimum Gasteiger partial charge on any atom is -0.383 e. The van der Waals surface area contributed by atoms with E-state index in [-0.39, 0.29) is 5.25 Å². The van der Waals surface area contributed by atoms with Crippen LogP contribution in [0.2, 0.25) is 0 Å². The van der Waals surface area contributed by atoms with Crippen molar-refractivity contribution in [3.63, 3.8) is 0 Å². The normalized spacial score (nSPS) is 14.4. The summed E-state index contributed by atoms with van der Waals surface area (Å²) in [6.45, 7) is 2.52. The first-order chi connectivity index (χ1) is 7.52. The number of aromatic nitrogens is 2. The van der Waals surface area contributed by atoms with E-state index in [1.807, 2.05) is 13.2 Å². The molecule has 7 heteroatoms. The number of nitrogen functional groups attached to an aromatic ring is 1. The average molecular weight is 260 g/mol. The molecule has 0 aliphatic carbocycles. The summed E-state index contributed by atoms with van der Waals surface area (Å²) in [5.41, 5.74) is 5.64. The maximum absolute atomic E-state index is 11.2. The van der Waals surface area contributed by atoms with Crippen LogP contribution in [0.15, 0.2) is 11.2 Å². The van der Waals surface area contributed by atoms with Gasteiger partial charge in [-0.3, -0.25) is 4.21 Å². The van der Waals surface area contributed by atoms with Crippen molar-refractivity contribution in [3.05, 3.63) is 6.07 Å². The van der Waals surface area contributed by atoms with Crippen LogP contribution in [0.25, 0.3) is 0 Å². The van der Waals surface area contributed by atoms with Gasteiger partial charge in [-0.1, -0.05) is 11.8 Å². The Bertz CT molecular complexity index is 386. The van der Waals surface area contributed by atoms with Crippen molar-refractivity contribution >= 4 is 34.2 Å². The molecule has 0 amide bonds. The highest BCUT2D eigenvalue weighted by atomic mass is 32.2. The zero-order valence-electron chi connectivity index (χ0n) is 9.56. The predicted molar refractivity (Wildman–Crippen MR) is 70.2 cm³/mol. The van der Waals surface area contributed by atoms with E-state index in [9.17, 15) is 4.21 Å². The van der Waals surface area contributed by atoms with E-state index in [1.54, 1.807) is 12.3 Å². The molecule has 0 saturated carbocycles. The number of hydrogen-bond acceptors (Lipinski definition) is 6. The SMILES string of the molecule is CSc1nc(N)cc(NCC(C)S(C)=O)n1. The molecule has 5 nitrogen and oxygen atoms in total. The highest BCUT2D eigenvalue weighted by Crippen LogP contribution is 2.15. The fraction of sp³-hybridized carbons (Fsp3) is 0.556. The lowest BCUT2D eigenvalue weighted by Crippen LogP contribution is -2.21. The molecule has 90 valence electrons. The zero-order chi connectivity index (χ0) is 12.1. The molecule has 1 aromatic heterocycles. The van der Waals surface area contributed by atoms with Crippen LogP contribution in [0.1, 0.15) is 6.92 Å². The molecule has 1 heterocycles. The minimum atomic E-state index is -0.839. The predicted octanol–water partition coefficient (Wildman–Crippen LogP) is 0.960. The zero-order valence-corrected chi connectivity index (χ0v) is 11.2. The molecular weight excluding hydrogens is 244 g/mol. The molecule has 3 N–H and O–H groups in total. The van der Waals surface area contributed by atoms with Crippen molar-refractivity contribution in [2.45, 2.75) is 17.3 Å². The van der Waals surface area contributed by atoms with Gasteiger partial charge in [0.15, 0.2) is 5.16 Å². The third kappa shape index (κ3) is 3.97. The standard InChI is InChI=1S/C9H16N4OS2/c1-6(16(3)14)5-11-8-4-7(10)12-9(13-8)15-2/h4,6H,5H2,1-3H3,(H3,10,11,12,13). The Hall–Kier alpha value is -0.820. The van der Waals surface area contributed by atoms with Gasteiger partial charge in [0.05, 0.1) is 0 Å². The summed E-state index contributed by atoms with van der Waals surface area (Å²) in [5, 5.41) is 3.81. The molecule has 0 aliphatic rings. The van der Waals surface area contributed by atoms with Crippen LogP contribution >= 0.6 is 11.8 Å². The number of rotatable bonds is 5. The Morgan fingerprint density at radius 1 is 1.62 bits per heavy atom. The number of thioether (sulfide) groups is 1. The van der Waals surface area contributed by atoms with Crippen molar-refractivity contribution in [2.24, 2.45) is 0 Å². The van der Waals surface area contributed by atoms with E-state index in [2.05, 4.69) is 15.3 Å². The van der Waals surface area contributed by atoms with Gasteiger partial charge in [0, 0.05) is 34.9 Å². The molecule has 0 radical (unpaired) electrons. The third-order valence-corrected chi connectivity index (χ3v) is 3.89. The van der Waals surface area contributed by atoms with Crippen molar-refractivity contribution in [1.82, 2.24) is 9.97 Å². The van der Waals surface area contributed by atoms with Gasteiger partial charge in [-0.2, -0.15) is 0 Å². The van der Waals surface area contributed by atoms with Gasteiger partial charge in [-0.05, 0) is 13.2 Å². The van der Waals surface area contributed by atoms with Crippen LogP contribution in [0, 0.1) is 0 Å². The summed E-state index contributed by atoms with van der Waals surface area (Å²) in [5.74, 6) is 1.11. The Labute approximate surface area is 102 Å². The minimum absolute atomic E-state index is 0.0777. The molecule has 1 aromatic rings. The lowest BCUT2D eigenvalue weighted by atomic mass is 10.4. The smallest absolute Gasteiger partial charge is 0.191 e. The molecule has 2 unspecified atom stereocenters. The summed E-state index contributed by atoms with van der Waals surface area (Å²) < 4.78 is 11.2. The first-order valence-corrected chi connectivity index (χ1v) is 7.62. The molecular formula is C9H16N4OS2. The second-order valence-corrected chi connectivity index (χ2v) is 5.93. The Kier molecular flexibility index (Phi) is 5.01. The number of nitrogens with two attached hydrogens (primary N) is 1. The first-order valence-electron chi connectivity index (χ1n) is 4.77. The molecule has 1 rings (SSSR count). The van der Waals surface area contributed by atoms with E-state index in [1.165, 1.54) is 11.8 Å². The second kappa shape index (κ2) is 6.05.